The number of thiazole rings is 1. The fourth-order valence-corrected chi connectivity index (χ4v) is 2.85. The minimum Gasteiger partial charge on any atom is -0.333 e. The number of nitrogens with zero attached hydrogens (tertiary/aromatic N) is 2. The van der Waals surface area contributed by atoms with E-state index in [-0.39, 0.29) is 11.9 Å². The molecule has 2 rings (SSSR count). The highest BCUT2D eigenvalue weighted by Crippen LogP contribution is 2.33. The third-order valence-electron chi connectivity index (χ3n) is 2.58. The summed E-state index contributed by atoms with van der Waals surface area (Å²) in [4.78, 5) is 18.8. The van der Waals surface area contributed by atoms with Crippen LogP contribution in [-0.2, 0) is 4.79 Å². The van der Waals surface area contributed by atoms with Gasteiger partial charge in [-0.15, -0.1) is 11.3 Å². The monoisotopic (exact) mass is 210 g/mol. The van der Waals surface area contributed by atoms with Crippen molar-refractivity contribution >= 4 is 17.2 Å². The SMILES string of the molecule is CC(=O)N1CCCC1c1ncc(C)s1. The summed E-state index contributed by atoms with van der Waals surface area (Å²) in [6.45, 7) is 4.58. The normalized spacial score (nSPS) is 21.6. The molecule has 1 aliphatic rings. The minimum absolute atomic E-state index is 0.167. The number of hydrogen-bond donors (Lipinski definition) is 0. The maximum Gasteiger partial charge on any atom is 0.220 e. The molecule has 0 spiro atoms. The lowest BCUT2D eigenvalue weighted by molar-refractivity contribution is -0.129. The van der Waals surface area contributed by atoms with Crippen LogP contribution < -0.4 is 0 Å². The average Bonchev–Trinajstić information content (AvgIpc) is 2.70. The second-order valence-corrected chi connectivity index (χ2v) is 4.95. The summed E-state index contributed by atoms with van der Waals surface area (Å²) >= 11 is 1.70. The van der Waals surface area contributed by atoms with Gasteiger partial charge in [0.1, 0.15) is 5.01 Å². The number of aryl methyl sites for hydroxylation is 1. The van der Waals surface area contributed by atoms with Crippen LogP contribution >= 0.6 is 11.3 Å². The summed E-state index contributed by atoms with van der Waals surface area (Å²) in [7, 11) is 0. The van der Waals surface area contributed by atoms with Crippen LogP contribution in [0.1, 0.15) is 35.7 Å². The van der Waals surface area contributed by atoms with Gasteiger partial charge in [0.25, 0.3) is 0 Å². The minimum atomic E-state index is 0.167. The molecule has 1 aromatic heterocycles. The van der Waals surface area contributed by atoms with Gasteiger partial charge in [0.2, 0.25) is 5.91 Å². The zero-order valence-corrected chi connectivity index (χ0v) is 9.30. The van der Waals surface area contributed by atoms with E-state index in [4.69, 9.17) is 0 Å². The summed E-state index contributed by atoms with van der Waals surface area (Å²) in [6, 6.07) is 0.242. The van der Waals surface area contributed by atoms with Crippen LogP contribution in [0.15, 0.2) is 6.20 Å². The van der Waals surface area contributed by atoms with Crippen molar-refractivity contribution in [1.29, 1.82) is 0 Å². The van der Waals surface area contributed by atoms with Crippen LogP contribution in [0.5, 0.6) is 0 Å². The van der Waals surface area contributed by atoms with E-state index >= 15 is 0 Å². The van der Waals surface area contributed by atoms with Crippen molar-refractivity contribution in [2.75, 3.05) is 6.54 Å². The van der Waals surface area contributed by atoms with Crippen molar-refractivity contribution in [3.63, 3.8) is 0 Å². The van der Waals surface area contributed by atoms with Crippen molar-refractivity contribution in [2.24, 2.45) is 0 Å². The maximum absolute atomic E-state index is 11.3. The number of hydrogen-bond acceptors (Lipinski definition) is 3. The first-order valence-electron chi connectivity index (χ1n) is 4.88. The fraction of sp³-hybridized carbons (Fsp3) is 0.600. The molecular formula is C10H14N2OS. The Labute approximate surface area is 87.8 Å². The Balaban J connectivity index is 2.21. The van der Waals surface area contributed by atoms with Crippen molar-refractivity contribution in [3.8, 4) is 0 Å². The van der Waals surface area contributed by atoms with E-state index in [1.807, 2.05) is 18.0 Å². The smallest absolute Gasteiger partial charge is 0.220 e. The van der Waals surface area contributed by atoms with Gasteiger partial charge in [-0.3, -0.25) is 4.79 Å². The number of carbonyl (C=O) groups excluding carboxylic acids is 1. The standard InChI is InChI=1S/C10H14N2OS/c1-7-6-11-10(14-7)9-4-3-5-12(9)8(2)13/h6,9H,3-5H2,1-2H3. The van der Waals surface area contributed by atoms with Gasteiger partial charge < -0.3 is 4.90 Å². The van der Waals surface area contributed by atoms with Crippen LogP contribution in [0.2, 0.25) is 0 Å². The largest absolute Gasteiger partial charge is 0.333 e. The predicted molar refractivity (Wildman–Crippen MR) is 56.2 cm³/mol. The van der Waals surface area contributed by atoms with E-state index in [1.165, 1.54) is 4.88 Å². The van der Waals surface area contributed by atoms with Gasteiger partial charge in [0, 0.05) is 24.5 Å². The summed E-state index contributed by atoms with van der Waals surface area (Å²) in [6.07, 6.45) is 4.05. The summed E-state index contributed by atoms with van der Waals surface area (Å²) in [5.74, 6) is 0.167. The number of carbonyl (C=O) groups is 1. The molecule has 3 nitrogen and oxygen atoms in total. The van der Waals surface area contributed by atoms with Crippen LogP contribution in [0, 0.1) is 6.92 Å². The molecule has 1 unspecified atom stereocenters. The third-order valence-corrected chi connectivity index (χ3v) is 3.60. The zero-order valence-electron chi connectivity index (χ0n) is 8.49. The molecule has 0 saturated carbocycles. The Hall–Kier alpha value is -0.900. The quantitative estimate of drug-likeness (QED) is 0.711. The van der Waals surface area contributed by atoms with Gasteiger partial charge in [-0.05, 0) is 19.8 Å². The first kappa shape index (κ1) is 9.65. The van der Waals surface area contributed by atoms with Crippen LogP contribution in [0.3, 0.4) is 0 Å². The van der Waals surface area contributed by atoms with Crippen molar-refractivity contribution < 1.29 is 4.79 Å². The number of amides is 1. The second-order valence-electron chi connectivity index (χ2n) is 3.68. The Kier molecular flexibility index (Phi) is 2.54. The van der Waals surface area contributed by atoms with Crippen LogP contribution in [0.25, 0.3) is 0 Å². The molecule has 0 N–H and O–H groups in total. The Morgan fingerprint density at radius 1 is 1.71 bits per heavy atom. The van der Waals surface area contributed by atoms with Gasteiger partial charge in [-0.2, -0.15) is 0 Å². The zero-order chi connectivity index (χ0) is 10.1. The average molecular weight is 210 g/mol. The summed E-state index contributed by atoms with van der Waals surface area (Å²) < 4.78 is 0. The van der Waals surface area contributed by atoms with Gasteiger partial charge in [-0.25, -0.2) is 4.98 Å². The van der Waals surface area contributed by atoms with E-state index in [9.17, 15) is 4.79 Å². The van der Waals surface area contributed by atoms with Gasteiger partial charge in [-0.1, -0.05) is 0 Å². The lowest BCUT2D eigenvalue weighted by Gasteiger charge is -2.20. The second kappa shape index (κ2) is 3.69. The molecule has 4 heteroatoms. The van der Waals surface area contributed by atoms with E-state index in [1.54, 1.807) is 18.3 Å². The Morgan fingerprint density at radius 2 is 2.50 bits per heavy atom. The number of likely N-dealkylation sites (tertiary alicyclic amines) is 1. The van der Waals surface area contributed by atoms with Crippen molar-refractivity contribution in [1.82, 2.24) is 9.88 Å². The topological polar surface area (TPSA) is 33.2 Å². The fourth-order valence-electron chi connectivity index (χ4n) is 1.93. The van der Waals surface area contributed by atoms with E-state index in [2.05, 4.69) is 4.98 Å². The molecule has 1 saturated heterocycles. The molecule has 0 aromatic carbocycles. The Bertz CT molecular complexity index is 348. The van der Waals surface area contributed by atoms with E-state index in [0.717, 1.165) is 24.4 Å². The lowest BCUT2D eigenvalue weighted by atomic mass is 10.2. The van der Waals surface area contributed by atoms with Gasteiger partial charge in [0.15, 0.2) is 0 Å². The van der Waals surface area contributed by atoms with Gasteiger partial charge >= 0.3 is 0 Å². The van der Waals surface area contributed by atoms with Crippen LogP contribution in [0.4, 0.5) is 0 Å². The molecular weight excluding hydrogens is 196 g/mol. The van der Waals surface area contributed by atoms with Crippen molar-refractivity contribution in [2.45, 2.75) is 32.7 Å². The van der Waals surface area contributed by atoms with Crippen molar-refractivity contribution in [3.05, 3.63) is 16.1 Å². The molecule has 0 aliphatic carbocycles. The molecule has 2 heterocycles. The molecule has 1 aromatic rings. The van der Waals surface area contributed by atoms with Gasteiger partial charge in [0.05, 0.1) is 6.04 Å². The van der Waals surface area contributed by atoms with E-state index in [0.29, 0.717) is 0 Å². The molecule has 0 radical (unpaired) electrons. The molecule has 76 valence electrons. The molecule has 0 bridgehead atoms. The maximum atomic E-state index is 11.3. The highest BCUT2D eigenvalue weighted by atomic mass is 32.1. The lowest BCUT2D eigenvalue weighted by Crippen LogP contribution is -2.27. The molecule has 14 heavy (non-hydrogen) atoms. The highest BCUT2D eigenvalue weighted by molar-refractivity contribution is 7.11. The molecule has 1 atom stereocenters. The van der Waals surface area contributed by atoms with E-state index < -0.39 is 0 Å². The first-order chi connectivity index (χ1) is 6.68. The Morgan fingerprint density at radius 3 is 3.07 bits per heavy atom. The number of rotatable bonds is 1. The van der Waals surface area contributed by atoms with Crippen LogP contribution in [-0.4, -0.2) is 22.3 Å². The molecule has 1 fully saturated rings. The molecule has 1 aliphatic heterocycles. The first-order valence-corrected chi connectivity index (χ1v) is 5.69. The summed E-state index contributed by atoms with van der Waals surface area (Å²) in [5, 5.41) is 1.09. The summed E-state index contributed by atoms with van der Waals surface area (Å²) in [5.41, 5.74) is 0. The predicted octanol–water partition coefficient (Wildman–Crippen LogP) is 2.13. The molecule has 1 amide bonds. The highest BCUT2D eigenvalue weighted by Gasteiger charge is 2.29. The third kappa shape index (κ3) is 1.66. The number of aromatic nitrogens is 1.